The Balaban J connectivity index is 0.00000400. The average molecular weight is 315 g/mol. The van der Waals surface area contributed by atoms with Crippen LogP contribution in [0.25, 0.3) is 0 Å². The van der Waals surface area contributed by atoms with Gasteiger partial charge in [-0.1, -0.05) is 32.0 Å². The number of carbonyl (C=O) groups excluding carboxylic acids is 1. The van der Waals surface area contributed by atoms with E-state index in [0.29, 0.717) is 12.1 Å². The third kappa shape index (κ3) is 8.05. The van der Waals surface area contributed by atoms with Crippen molar-refractivity contribution in [3.63, 3.8) is 0 Å². The molecular formula is C16H27ClN2O2. The van der Waals surface area contributed by atoms with E-state index in [0.717, 1.165) is 26.2 Å². The van der Waals surface area contributed by atoms with E-state index >= 15 is 0 Å². The molecule has 0 spiro atoms. The number of hydrogen-bond donors (Lipinski definition) is 1. The van der Waals surface area contributed by atoms with Gasteiger partial charge in [0.25, 0.3) is 0 Å². The van der Waals surface area contributed by atoms with Crippen LogP contribution in [0.4, 0.5) is 0 Å². The van der Waals surface area contributed by atoms with Crippen LogP contribution in [0.1, 0.15) is 31.1 Å². The Morgan fingerprint density at radius 2 is 1.86 bits per heavy atom. The molecule has 1 aromatic rings. The molecule has 1 unspecified atom stereocenters. The Morgan fingerprint density at radius 3 is 2.43 bits per heavy atom. The molecule has 0 aliphatic heterocycles. The normalized spacial score (nSPS) is 11.8. The van der Waals surface area contributed by atoms with Crippen LogP contribution in [0.2, 0.25) is 0 Å². The van der Waals surface area contributed by atoms with E-state index < -0.39 is 0 Å². The highest BCUT2D eigenvalue weighted by Crippen LogP contribution is 2.03. The summed E-state index contributed by atoms with van der Waals surface area (Å²) in [5.41, 5.74) is 0.600. The monoisotopic (exact) mass is 314 g/mol. The fourth-order valence-corrected chi connectivity index (χ4v) is 1.95. The summed E-state index contributed by atoms with van der Waals surface area (Å²) in [6.45, 7) is 11.0. The van der Waals surface area contributed by atoms with Gasteiger partial charge in [-0.15, -0.1) is 12.4 Å². The molecule has 0 heterocycles. The maximum atomic E-state index is 11.8. The van der Waals surface area contributed by atoms with Crippen molar-refractivity contribution in [2.75, 3.05) is 32.7 Å². The van der Waals surface area contributed by atoms with E-state index in [-0.39, 0.29) is 24.5 Å². The lowest BCUT2D eigenvalue weighted by atomic mass is 10.2. The molecule has 0 bridgehead atoms. The Kier molecular flexibility index (Phi) is 10.9. The molecule has 1 atom stereocenters. The number of halogens is 1. The van der Waals surface area contributed by atoms with Crippen LogP contribution >= 0.6 is 12.4 Å². The van der Waals surface area contributed by atoms with E-state index in [1.165, 1.54) is 0 Å². The molecule has 0 saturated carbocycles. The lowest BCUT2D eigenvalue weighted by molar-refractivity contribution is 0.0342. The molecule has 1 aromatic carbocycles. The van der Waals surface area contributed by atoms with Gasteiger partial charge in [-0.25, -0.2) is 4.79 Å². The van der Waals surface area contributed by atoms with Gasteiger partial charge in [-0.2, -0.15) is 0 Å². The summed E-state index contributed by atoms with van der Waals surface area (Å²) in [5, 5.41) is 3.32. The molecule has 0 amide bonds. The second-order valence-electron chi connectivity index (χ2n) is 4.81. The molecule has 21 heavy (non-hydrogen) atoms. The molecule has 120 valence electrons. The highest BCUT2D eigenvalue weighted by molar-refractivity contribution is 5.89. The molecule has 0 radical (unpaired) electrons. The van der Waals surface area contributed by atoms with Gasteiger partial charge < -0.3 is 15.0 Å². The van der Waals surface area contributed by atoms with E-state index in [1.807, 2.05) is 25.1 Å². The first kappa shape index (κ1) is 19.9. The van der Waals surface area contributed by atoms with Crippen molar-refractivity contribution in [2.45, 2.75) is 26.9 Å². The summed E-state index contributed by atoms with van der Waals surface area (Å²) in [7, 11) is 0. The third-order valence-corrected chi connectivity index (χ3v) is 3.25. The molecule has 5 heteroatoms. The molecular weight excluding hydrogens is 288 g/mol. The smallest absolute Gasteiger partial charge is 0.338 e. The molecule has 0 fully saturated rings. The topological polar surface area (TPSA) is 41.6 Å². The second-order valence-corrected chi connectivity index (χ2v) is 4.81. The zero-order chi connectivity index (χ0) is 14.8. The highest BCUT2D eigenvalue weighted by atomic mass is 35.5. The third-order valence-electron chi connectivity index (χ3n) is 3.25. The Morgan fingerprint density at radius 1 is 1.24 bits per heavy atom. The van der Waals surface area contributed by atoms with Crippen LogP contribution in [0.15, 0.2) is 30.3 Å². The minimum Gasteiger partial charge on any atom is -0.458 e. The van der Waals surface area contributed by atoms with Crippen molar-refractivity contribution < 1.29 is 9.53 Å². The molecule has 0 saturated heterocycles. The number of benzene rings is 1. The van der Waals surface area contributed by atoms with Crippen molar-refractivity contribution >= 4 is 18.4 Å². The predicted octanol–water partition coefficient (Wildman–Crippen LogP) is 2.59. The first-order valence-corrected chi connectivity index (χ1v) is 7.36. The van der Waals surface area contributed by atoms with Crippen LogP contribution in [-0.4, -0.2) is 49.7 Å². The number of ether oxygens (including phenoxy) is 1. The van der Waals surface area contributed by atoms with Crippen molar-refractivity contribution in [1.29, 1.82) is 0 Å². The molecule has 0 aliphatic rings. The van der Waals surface area contributed by atoms with Gasteiger partial charge in [-0.3, -0.25) is 0 Å². The lowest BCUT2D eigenvalue weighted by Gasteiger charge is -2.19. The number of esters is 1. The summed E-state index contributed by atoms with van der Waals surface area (Å²) < 4.78 is 5.38. The summed E-state index contributed by atoms with van der Waals surface area (Å²) in [6, 6.07) is 9.09. The maximum Gasteiger partial charge on any atom is 0.338 e. The number of hydrogen-bond acceptors (Lipinski definition) is 4. The van der Waals surface area contributed by atoms with E-state index in [9.17, 15) is 4.79 Å². The summed E-state index contributed by atoms with van der Waals surface area (Å²) in [5.74, 6) is -0.261. The van der Waals surface area contributed by atoms with Crippen molar-refractivity contribution in [1.82, 2.24) is 10.2 Å². The SMILES string of the molecule is CCN(CC)CCNCC(C)OC(=O)c1ccccc1.Cl. The zero-order valence-corrected chi connectivity index (χ0v) is 14.0. The van der Waals surface area contributed by atoms with E-state index in [4.69, 9.17) is 4.74 Å². The first-order valence-electron chi connectivity index (χ1n) is 7.36. The predicted molar refractivity (Wildman–Crippen MR) is 89.2 cm³/mol. The van der Waals surface area contributed by atoms with Crippen molar-refractivity contribution in [2.24, 2.45) is 0 Å². The second kappa shape index (κ2) is 11.5. The van der Waals surface area contributed by atoms with Gasteiger partial charge in [0.15, 0.2) is 0 Å². The molecule has 1 rings (SSSR count). The van der Waals surface area contributed by atoms with Crippen LogP contribution in [-0.2, 0) is 4.74 Å². The van der Waals surface area contributed by atoms with Gasteiger partial charge in [0.05, 0.1) is 5.56 Å². The van der Waals surface area contributed by atoms with Crippen LogP contribution in [0.5, 0.6) is 0 Å². The minimum absolute atomic E-state index is 0. The standard InChI is InChI=1S/C16H26N2O2.ClH/c1-4-18(5-2)12-11-17-13-14(3)20-16(19)15-9-7-6-8-10-15;/h6-10,14,17H,4-5,11-13H2,1-3H3;1H. The number of carbonyl (C=O) groups is 1. The Hall–Kier alpha value is -1.10. The van der Waals surface area contributed by atoms with Gasteiger partial charge in [0, 0.05) is 19.6 Å². The number of rotatable bonds is 9. The van der Waals surface area contributed by atoms with Gasteiger partial charge in [0.1, 0.15) is 6.10 Å². The van der Waals surface area contributed by atoms with Crippen LogP contribution < -0.4 is 5.32 Å². The van der Waals surface area contributed by atoms with Gasteiger partial charge in [-0.05, 0) is 32.1 Å². The fourth-order valence-electron chi connectivity index (χ4n) is 1.95. The molecule has 0 aliphatic carbocycles. The first-order chi connectivity index (χ1) is 9.67. The van der Waals surface area contributed by atoms with E-state index in [1.54, 1.807) is 12.1 Å². The van der Waals surface area contributed by atoms with Crippen LogP contribution in [0, 0.1) is 0 Å². The summed E-state index contributed by atoms with van der Waals surface area (Å²) in [6.07, 6.45) is -0.126. The van der Waals surface area contributed by atoms with Crippen molar-refractivity contribution in [3.05, 3.63) is 35.9 Å². The summed E-state index contributed by atoms with van der Waals surface area (Å²) in [4.78, 5) is 14.2. The molecule has 0 aromatic heterocycles. The molecule has 4 nitrogen and oxygen atoms in total. The largest absolute Gasteiger partial charge is 0.458 e. The quantitative estimate of drug-likeness (QED) is 0.562. The lowest BCUT2D eigenvalue weighted by Crippen LogP contribution is -2.35. The maximum absolute atomic E-state index is 11.8. The zero-order valence-electron chi connectivity index (χ0n) is 13.2. The van der Waals surface area contributed by atoms with Gasteiger partial charge in [0.2, 0.25) is 0 Å². The van der Waals surface area contributed by atoms with Crippen molar-refractivity contribution in [3.8, 4) is 0 Å². The minimum atomic E-state index is -0.261. The average Bonchev–Trinajstić information content (AvgIpc) is 2.48. The van der Waals surface area contributed by atoms with E-state index in [2.05, 4.69) is 24.1 Å². The number of likely N-dealkylation sites (N-methyl/N-ethyl adjacent to an activating group) is 1. The summed E-state index contributed by atoms with van der Waals surface area (Å²) >= 11 is 0. The Labute approximate surface area is 134 Å². The Bertz CT molecular complexity index is 383. The highest BCUT2D eigenvalue weighted by Gasteiger charge is 2.11. The van der Waals surface area contributed by atoms with Gasteiger partial charge >= 0.3 is 5.97 Å². The number of nitrogens with one attached hydrogen (secondary N) is 1. The van der Waals surface area contributed by atoms with Crippen LogP contribution in [0.3, 0.4) is 0 Å². The number of nitrogens with zero attached hydrogens (tertiary/aromatic N) is 1. The molecule has 1 N–H and O–H groups in total. The fraction of sp³-hybridized carbons (Fsp3) is 0.562.